The Kier molecular flexibility index (Phi) is 3.19. The fourth-order valence-corrected chi connectivity index (χ4v) is 2.04. The Morgan fingerprint density at radius 1 is 0.905 bits per heavy atom. The van der Waals surface area contributed by atoms with Crippen molar-refractivity contribution in [1.82, 2.24) is 15.0 Å². The number of nitrogens with zero attached hydrogens (tertiary/aromatic N) is 3. The van der Waals surface area contributed by atoms with Gasteiger partial charge in [-0.15, -0.1) is 0 Å². The van der Waals surface area contributed by atoms with E-state index in [2.05, 4.69) is 15.0 Å². The van der Waals surface area contributed by atoms with Crippen LogP contribution in [0, 0.1) is 5.82 Å². The third-order valence-corrected chi connectivity index (χ3v) is 3.06. The van der Waals surface area contributed by atoms with E-state index in [0.717, 1.165) is 6.20 Å². The van der Waals surface area contributed by atoms with E-state index in [0.29, 0.717) is 33.9 Å². The Morgan fingerprint density at radius 3 is 2.38 bits per heavy atom. The predicted molar refractivity (Wildman–Crippen MR) is 79.5 cm³/mol. The fraction of sp³-hybridized carbons (Fsp3) is 0. The number of hydrogen-bond acceptors (Lipinski definition) is 5. The summed E-state index contributed by atoms with van der Waals surface area (Å²) in [5, 5.41) is 0. The van der Waals surface area contributed by atoms with Crippen molar-refractivity contribution in [1.29, 1.82) is 0 Å². The van der Waals surface area contributed by atoms with E-state index in [1.807, 2.05) is 0 Å². The maximum Gasteiger partial charge on any atom is 0.161 e. The van der Waals surface area contributed by atoms with Crippen LogP contribution >= 0.6 is 0 Å². The molecule has 0 aliphatic carbocycles. The van der Waals surface area contributed by atoms with Crippen LogP contribution in [0.15, 0.2) is 49.1 Å². The van der Waals surface area contributed by atoms with E-state index in [1.165, 1.54) is 6.07 Å². The highest BCUT2D eigenvalue weighted by Crippen LogP contribution is 2.33. The lowest BCUT2D eigenvalue weighted by molar-refractivity contribution is 0.622. The van der Waals surface area contributed by atoms with E-state index in [9.17, 15) is 4.39 Å². The van der Waals surface area contributed by atoms with Gasteiger partial charge in [0.1, 0.15) is 5.82 Å². The van der Waals surface area contributed by atoms with Crippen molar-refractivity contribution in [3.8, 4) is 22.5 Å². The van der Waals surface area contributed by atoms with E-state index in [1.54, 1.807) is 36.8 Å². The molecule has 5 nitrogen and oxygen atoms in total. The highest BCUT2D eigenvalue weighted by molar-refractivity contribution is 5.87. The average molecular weight is 281 g/mol. The Labute approximate surface area is 120 Å². The lowest BCUT2D eigenvalue weighted by atomic mass is 10.0. The van der Waals surface area contributed by atoms with Crippen molar-refractivity contribution in [2.24, 2.45) is 0 Å². The Balaban J connectivity index is 2.19. The van der Waals surface area contributed by atoms with Gasteiger partial charge in [0.25, 0.3) is 0 Å². The Hall–Kier alpha value is -3.02. The van der Waals surface area contributed by atoms with Crippen molar-refractivity contribution < 1.29 is 4.39 Å². The number of anilines is 2. The minimum Gasteiger partial charge on any atom is -0.397 e. The number of pyridine rings is 1. The van der Waals surface area contributed by atoms with Gasteiger partial charge in [-0.2, -0.15) is 0 Å². The third-order valence-electron chi connectivity index (χ3n) is 3.06. The molecule has 0 aliphatic heterocycles. The van der Waals surface area contributed by atoms with Crippen molar-refractivity contribution in [2.45, 2.75) is 0 Å². The second-order valence-corrected chi connectivity index (χ2v) is 4.49. The number of halogens is 1. The highest BCUT2D eigenvalue weighted by Gasteiger charge is 2.12. The van der Waals surface area contributed by atoms with E-state index in [4.69, 9.17) is 11.5 Å². The number of hydrogen-bond donors (Lipinski definition) is 2. The van der Waals surface area contributed by atoms with Crippen LogP contribution in [0.25, 0.3) is 22.5 Å². The molecule has 0 radical (unpaired) electrons. The van der Waals surface area contributed by atoms with Gasteiger partial charge in [0, 0.05) is 29.7 Å². The highest BCUT2D eigenvalue weighted by atomic mass is 19.1. The Bertz CT molecular complexity index is 789. The molecular formula is C15H12FN5. The first-order valence-electron chi connectivity index (χ1n) is 6.22. The summed E-state index contributed by atoms with van der Waals surface area (Å²) in [7, 11) is 0. The summed E-state index contributed by atoms with van der Waals surface area (Å²) in [5.74, 6) is 0.0494. The molecule has 0 unspecified atom stereocenters. The molecule has 0 saturated heterocycles. The summed E-state index contributed by atoms with van der Waals surface area (Å²) in [5.41, 5.74) is 14.6. The summed E-state index contributed by atoms with van der Waals surface area (Å²) in [6.45, 7) is 0. The van der Waals surface area contributed by atoms with Crippen LogP contribution in [-0.4, -0.2) is 15.0 Å². The third kappa shape index (κ3) is 2.51. The molecule has 0 saturated carbocycles. The van der Waals surface area contributed by atoms with Gasteiger partial charge in [-0.1, -0.05) is 0 Å². The first-order chi connectivity index (χ1) is 10.1. The molecule has 0 amide bonds. The smallest absolute Gasteiger partial charge is 0.161 e. The van der Waals surface area contributed by atoms with Crippen LogP contribution in [0.1, 0.15) is 0 Å². The molecule has 6 heteroatoms. The fourth-order valence-electron chi connectivity index (χ4n) is 2.04. The Morgan fingerprint density at radius 2 is 1.67 bits per heavy atom. The maximum absolute atomic E-state index is 13.3. The second kappa shape index (κ2) is 5.16. The van der Waals surface area contributed by atoms with E-state index < -0.39 is 5.82 Å². The normalized spacial score (nSPS) is 10.5. The van der Waals surface area contributed by atoms with Gasteiger partial charge in [-0.25, -0.2) is 14.4 Å². The molecule has 1 aromatic carbocycles. The average Bonchev–Trinajstić information content (AvgIpc) is 2.51. The molecule has 0 aliphatic rings. The monoisotopic (exact) mass is 281 g/mol. The van der Waals surface area contributed by atoms with Crippen molar-refractivity contribution >= 4 is 11.4 Å². The summed E-state index contributed by atoms with van der Waals surface area (Å²) >= 11 is 0. The van der Waals surface area contributed by atoms with Crippen molar-refractivity contribution in [3.05, 3.63) is 54.9 Å². The number of nitrogen functional groups attached to an aromatic ring is 2. The minimum atomic E-state index is -0.416. The predicted octanol–water partition coefficient (Wildman–Crippen LogP) is 2.51. The first kappa shape index (κ1) is 13.0. The quantitative estimate of drug-likeness (QED) is 0.704. The molecule has 2 aromatic heterocycles. The number of benzene rings is 1. The van der Waals surface area contributed by atoms with E-state index >= 15 is 0 Å². The molecule has 2 heterocycles. The number of nitrogens with two attached hydrogens (primary N) is 2. The zero-order valence-corrected chi connectivity index (χ0v) is 11.0. The standard InChI is InChI=1S/C15H12FN5/c16-11-4-10(7-19-8-11)9-5-12(14(18)13(17)6-9)15-20-2-1-3-21-15/h1-8H,17-18H2. The molecular weight excluding hydrogens is 269 g/mol. The lowest BCUT2D eigenvalue weighted by Crippen LogP contribution is -2.00. The van der Waals surface area contributed by atoms with Gasteiger partial charge in [-0.3, -0.25) is 4.98 Å². The first-order valence-corrected chi connectivity index (χ1v) is 6.22. The van der Waals surface area contributed by atoms with Gasteiger partial charge < -0.3 is 11.5 Å². The van der Waals surface area contributed by atoms with Gasteiger partial charge in [-0.05, 0) is 29.8 Å². The van der Waals surface area contributed by atoms with Crippen LogP contribution in [0.3, 0.4) is 0 Å². The molecule has 104 valence electrons. The largest absolute Gasteiger partial charge is 0.397 e. The lowest BCUT2D eigenvalue weighted by Gasteiger charge is -2.11. The molecule has 21 heavy (non-hydrogen) atoms. The van der Waals surface area contributed by atoms with E-state index in [-0.39, 0.29) is 0 Å². The van der Waals surface area contributed by atoms with Crippen molar-refractivity contribution in [2.75, 3.05) is 11.5 Å². The summed E-state index contributed by atoms with van der Waals surface area (Å²) in [6.07, 6.45) is 5.94. The molecule has 4 N–H and O–H groups in total. The molecule has 3 rings (SSSR count). The van der Waals surface area contributed by atoms with Crippen LogP contribution in [-0.2, 0) is 0 Å². The second-order valence-electron chi connectivity index (χ2n) is 4.49. The van der Waals surface area contributed by atoms with Crippen molar-refractivity contribution in [3.63, 3.8) is 0 Å². The maximum atomic E-state index is 13.3. The molecule has 0 spiro atoms. The summed E-state index contributed by atoms with van der Waals surface area (Å²) < 4.78 is 13.3. The van der Waals surface area contributed by atoms with Crippen LogP contribution in [0.2, 0.25) is 0 Å². The number of aromatic nitrogens is 3. The summed E-state index contributed by atoms with van der Waals surface area (Å²) in [6, 6.07) is 6.55. The number of rotatable bonds is 2. The van der Waals surface area contributed by atoms with Gasteiger partial charge in [0.15, 0.2) is 5.82 Å². The summed E-state index contributed by atoms with van der Waals surface area (Å²) in [4.78, 5) is 12.2. The van der Waals surface area contributed by atoms with Crippen LogP contribution in [0.4, 0.5) is 15.8 Å². The molecule has 0 fully saturated rings. The molecule has 3 aromatic rings. The van der Waals surface area contributed by atoms with Gasteiger partial charge >= 0.3 is 0 Å². The SMILES string of the molecule is Nc1cc(-c2cncc(F)c2)cc(-c2ncccn2)c1N. The minimum absolute atomic E-state index is 0.388. The zero-order chi connectivity index (χ0) is 14.8. The zero-order valence-electron chi connectivity index (χ0n) is 11.0. The van der Waals surface area contributed by atoms with Gasteiger partial charge in [0.05, 0.1) is 17.6 Å². The molecule has 0 bridgehead atoms. The molecule has 0 atom stereocenters. The van der Waals surface area contributed by atoms with Crippen LogP contribution < -0.4 is 11.5 Å². The van der Waals surface area contributed by atoms with Crippen LogP contribution in [0.5, 0.6) is 0 Å². The van der Waals surface area contributed by atoms with Gasteiger partial charge in [0.2, 0.25) is 0 Å². The topological polar surface area (TPSA) is 90.7 Å².